The number of methoxy groups -OCH3 is 1. The lowest BCUT2D eigenvalue weighted by molar-refractivity contribution is -0.162. The van der Waals surface area contributed by atoms with Crippen molar-refractivity contribution in [3.8, 4) is 5.75 Å². The van der Waals surface area contributed by atoms with Crippen LogP contribution in [0.25, 0.3) is 6.08 Å². The second-order valence-corrected chi connectivity index (χ2v) is 5.37. The summed E-state index contributed by atoms with van der Waals surface area (Å²) in [6.07, 6.45) is 8.65. The van der Waals surface area contributed by atoms with Crippen LogP contribution in [-0.2, 0) is 9.47 Å². The fraction of sp³-hybridized carbons (Fsp3) is 0.556. The van der Waals surface area contributed by atoms with E-state index >= 15 is 0 Å². The van der Waals surface area contributed by atoms with Gasteiger partial charge in [0.05, 0.1) is 13.7 Å². The van der Waals surface area contributed by atoms with Gasteiger partial charge in [0.2, 0.25) is 0 Å². The summed E-state index contributed by atoms with van der Waals surface area (Å²) in [6.45, 7) is 3.39. The molecular weight excluding hydrogens is 278 g/mol. The fourth-order valence-electron chi connectivity index (χ4n) is 2.43. The largest absolute Gasteiger partial charge is 0.496 e. The summed E-state index contributed by atoms with van der Waals surface area (Å²) in [5.41, 5.74) is 1.10. The predicted octanol–water partition coefficient (Wildman–Crippen LogP) is 3.23. The van der Waals surface area contributed by atoms with E-state index in [0.29, 0.717) is 0 Å². The molecule has 1 aliphatic heterocycles. The van der Waals surface area contributed by atoms with Crippen LogP contribution in [0.4, 0.5) is 0 Å². The first kappa shape index (κ1) is 17.0. The van der Waals surface area contributed by atoms with Crippen LogP contribution >= 0.6 is 0 Å². The van der Waals surface area contributed by atoms with Crippen LogP contribution in [0.5, 0.6) is 5.75 Å². The molecule has 0 aliphatic carbocycles. The molecule has 1 heterocycles. The minimum Gasteiger partial charge on any atom is -0.496 e. The summed E-state index contributed by atoms with van der Waals surface area (Å²) >= 11 is 0. The first-order valence-electron chi connectivity index (χ1n) is 8.13. The highest BCUT2D eigenvalue weighted by molar-refractivity contribution is 5.57. The highest BCUT2D eigenvalue weighted by atomic mass is 16.7. The maximum absolute atomic E-state index is 5.69. The molecule has 1 atom stereocenters. The van der Waals surface area contributed by atoms with Crippen LogP contribution in [0.3, 0.4) is 0 Å². The molecule has 0 amide bonds. The number of hydrogen-bond acceptors (Lipinski definition) is 4. The third-order valence-corrected chi connectivity index (χ3v) is 3.64. The zero-order valence-electron chi connectivity index (χ0n) is 13.4. The third kappa shape index (κ3) is 6.18. The Hall–Kier alpha value is -1.36. The average Bonchev–Trinajstić information content (AvgIpc) is 2.58. The minimum absolute atomic E-state index is 0.0270. The van der Waals surface area contributed by atoms with Gasteiger partial charge < -0.3 is 19.5 Å². The van der Waals surface area contributed by atoms with Gasteiger partial charge in [-0.2, -0.15) is 0 Å². The van der Waals surface area contributed by atoms with Crippen LogP contribution in [0.15, 0.2) is 30.3 Å². The molecule has 1 saturated heterocycles. The Kier molecular flexibility index (Phi) is 8.02. The van der Waals surface area contributed by atoms with Gasteiger partial charge >= 0.3 is 0 Å². The zero-order chi connectivity index (χ0) is 15.5. The molecule has 0 bridgehead atoms. The zero-order valence-corrected chi connectivity index (χ0v) is 13.4. The number of para-hydroxylation sites is 1. The molecule has 0 saturated carbocycles. The standard InChI is InChI=1S/C18H27NO3/c1-20-17-10-3-2-8-16(17)9-6-12-19-13-7-15-22-18-11-4-5-14-21-18/h2-3,6,8-10,18-19H,4-5,7,11-15H2,1H3/b9-6+. The molecule has 1 unspecified atom stereocenters. The molecule has 0 radical (unpaired) electrons. The van der Waals surface area contributed by atoms with Gasteiger partial charge in [0.25, 0.3) is 0 Å². The lowest BCUT2D eigenvalue weighted by atomic mass is 10.2. The van der Waals surface area contributed by atoms with E-state index in [9.17, 15) is 0 Å². The molecule has 1 aromatic carbocycles. The lowest BCUT2D eigenvalue weighted by Gasteiger charge is -2.22. The maximum atomic E-state index is 5.69. The van der Waals surface area contributed by atoms with E-state index in [-0.39, 0.29) is 6.29 Å². The van der Waals surface area contributed by atoms with Gasteiger partial charge in [0.15, 0.2) is 6.29 Å². The summed E-state index contributed by atoms with van der Waals surface area (Å²) in [4.78, 5) is 0. The number of nitrogens with one attached hydrogen (secondary N) is 1. The van der Waals surface area contributed by atoms with Crippen molar-refractivity contribution in [3.63, 3.8) is 0 Å². The molecule has 22 heavy (non-hydrogen) atoms. The van der Waals surface area contributed by atoms with E-state index < -0.39 is 0 Å². The smallest absolute Gasteiger partial charge is 0.157 e. The first-order chi connectivity index (χ1) is 10.9. The third-order valence-electron chi connectivity index (χ3n) is 3.64. The van der Waals surface area contributed by atoms with E-state index in [2.05, 4.69) is 17.5 Å². The van der Waals surface area contributed by atoms with Crippen LogP contribution in [-0.4, -0.2) is 39.7 Å². The Labute approximate surface area is 133 Å². The topological polar surface area (TPSA) is 39.7 Å². The maximum Gasteiger partial charge on any atom is 0.157 e. The number of benzene rings is 1. The minimum atomic E-state index is 0.0270. The van der Waals surface area contributed by atoms with Crippen LogP contribution in [0.1, 0.15) is 31.2 Å². The first-order valence-corrected chi connectivity index (χ1v) is 8.13. The number of ether oxygens (including phenoxy) is 3. The molecule has 1 N–H and O–H groups in total. The number of hydrogen-bond donors (Lipinski definition) is 1. The second-order valence-electron chi connectivity index (χ2n) is 5.37. The molecule has 0 aromatic heterocycles. The molecule has 4 nitrogen and oxygen atoms in total. The van der Waals surface area contributed by atoms with Crippen molar-refractivity contribution in [3.05, 3.63) is 35.9 Å². The fourth-order valence-corrected chi connectivity index (χ4v) is 2.43. The monoisotopic (exact) mass is 305 g/mol. The van der Waals surface area contributed by atoms with Gasteiger partial charge in [0, 0.05) is 18.7 Å². The Morgan fingerprint density at radius 1 is 1.32 bits per heavy atom. The van der Waals surface area contributed by atoms with Crippen molar-refractivity contribution < 1.29 is 14.2 Å². The summed E-state index contributed by atoms with van der Waals surface area (Å²) < 4.78 is 16.5. The van der Waals surface area contributed by atoms with E-state index in [1.54, 1.807) is 7.11 Å². The number of rotatable bonds is 9. The van der Waals surface area contributed by atoms with Gasteiger partial charge in [-0.15, -0.1) is 0 Å². The predicted molar refractivity (Wildman–Crippen MR) is 89.1 cm³/mol. The van der Waals surface area contributed by atoms with Crippen molar-refractivity contribution in [2.24, 2.45) is 0 Å². The van der Waals surface area contributed by atoms with Crippen LogP contribution in [0.2, 0.25) is 0 Å². The quantitative estimate of drug-likeness (QED) is 0.711. The van der Waals surface area contributed by atoms with E-state index in [0.717, 1.165) is 50.5 Å². The summed E-state index contributed by atoms with van der Waals surface area (Å²) in [6, 6.07) is 8.01. The van der Waals surface area contributed by atoms with Crippen molar-refractivity contribution >= 4 is 6.08 Å². The van der Waals surface area contributed by atoms with Crippen LogP contribution < -0.4 is 10.1 Å². The van der Waals surface area contributed by atoms with E-state index in [1.165, 1.54) is 12.8 Å². The molecule has 1 fully saturated rings. The summed E-state index contributed by atoms with van der Waals surface area (Å²) in [5.74, 6) is 0.902. The molecule has 122 valence electrons. The molecule has 1 aliphatic rings. The highest BCUT2D eigenvalue weighted by Crippen LogP contribution is 2.18. The summed E-state index contributed by atoms with van der Waals surface area (Å²) in [5, 5.41) is 3.38. The lowest BCUT2D eigenvalue weighted by Crippen LogP contribution is -2.24. The van der Waals surface area contributed by atoms with Crippen LogP contribution in [0, 0.1) is 0 Å². The van der Waals surface area contributed by atoms with Crippen molar-refractivity contribution in [2.75, 3.05) is 33.4 Å². The van der Waals surface area contributed by atoms with E-state index in [4.69, 9.17) is 14.2 Å². The Balaban J connectivity index is 1.52. The molecular formula is C18H27NO3. The van der Waals surface area contributed by atoms with Crippen molar-refractivity contribution in [1.29, 1.82) is 0 Å². The van der Waals surface area contributed by atoms with Crippen molar-refractivity contribution in [2.45, 2.75) is 32.0 Å². The van der Waals surface area contributed by atoms with Gasteiger partial charge in [-0.05, 0) is 38.3 Å². The Morgan fingerprint density at radius 3 is 3.05 bits per heavy atom. The SMILES string of the molecule is COc1ccccc1/C=C/CNCCCOC1CCCCO1. The van der Waals surface area contributed by atoms with Gasteiger partial charge in [-0.25, -0.2) is 0 Å². The molecule has 1 aromatic rings. The van der Waals surface area contributed by atoms with Gasteiger partial charge in [-0.3, -0.25) is 0 Å². The Bertz CT molecular complexity index is 442. The molecule has 0 spiro atoms. The summed E-state index contributed by atoms with van der Waals surface area (Å²) in [7, 11) is 1.70. The second kappa shape index (κ2) is 10.4. The van der Waals surface area contributed by atoms with Gasteiger partial charge in [-0.1, -0.05) is 30.4 Å². The highest BCUT2D eigenvalue weighted by Gasteiger charge is 2.13. The Morgan fingerprint density at radius 2 is 2.23 bits per heavy atom. The molecule has 4 heteroatoms. The van der Waals surface area contributed by atoms with Crippen molar-refractivity contribution in [1.82, 2.24) is 5.32 Å². The average molecular weight is 305 g/mol. The van der Waals surface area contributed by atoms with Gasteiger partial charge in [0.1, 0.15) is 5.75 Å². The van der Waals surface area contributed by atoms with E-state index in [1.807, 2.05) is 24.3 Å². The normalized spacial score (nSPS) is 18.7. The molecule has 2 rings (SSSR count).